The lowest BCUT2D eigenvalue weighted by molar-refractivity contribution is -0.153. The average molecular weight is 332 g/mol. The molecular formula is C15H19F3N2O3. The van der Waals surface area contributed by atoms with Crippen molar-refractivity contribution in [2.45, 2.75) is 38.6 Å². The molecule has 1 fully saturated rings. The van der Waals surface area contributed by atoms with Gasteiger partial charge in [0.25, 0.3) is 0 Å². The minimum atomic E-state index is -4.43. The second kappa shape index (κ2) is 7.63. The van der Waals surface area contributed by atoms with Gasteiger partial charge in [0.1, 0.15) is 5.75 Å². The van der Waals surface area contributed by atoms with Gasteiger partial charge in [0.05, 0.1) is 18.2 Å². The van der Waals surface area contributed by atoms with Crippen LogP contribution in [0.15, 0.2) is 18.5 Å². The van der Waals surface area contributed by atoms with Gasteiger partial charge >= 0.3 is 6.18 Å². The van der Waals surface area contributed by atoms with E-state index in [9.17, 15) is 18.0 Å². The Hall–Kier alpha value is -1.83. The number of rotatable bonds is 5. The van der Waals surface area contributed by atoms with Crippen LogP contribution in [0.3, 0.4) is 0 Å². The van der Waals surface area contributed by atoms with Gasteiger partial charge in [-0.1, -0.05) is 0 Å². The summed E-state index contributed by atoms with van der Waals surface area (Å²) in [5, 5.41) is 2.73. The average Bonchev–Trinajstić information content (AvgIpc) is 2.51. The first-order valence-corrected chi connectivity index (χ1v) is 7.38. The van der Waals surface area contributed by atoms with Gasteiger partial charge in [0.2, 0.25) is 5.91 Å². The van der Waals surface area contributed by atoms with Crippen molar-refractivity contribution in [1.82, 2.24) is 10.3 Å². The summed E-state index contributed by atoms with van der Waals surface area (Å²) in [7, 11) is 0. The number of alkyl halides is 3. The first kappa shape index (κ1) is 17.5. The van der Waals surface area contributed by atoms with Gasteiger partial charge in [0.15, 0.2) is 6.61 Å². The van der Waals surface area contributed by atoms with E-state index in [1.165, 1.54) is 18.5 Å². The third-order valence-electron chi connectivity index (χ3n) is 3.66. The van der Waals surface area contributed by atoms with E-state index in [-0.39, 0.29) is 30.2 Å². The fourth-order valence-electron chi connectivity index (χ4n) is 2.43. The Balaban J connectivity index is 1.93. The zero-order valence-electron chi connectivity index (χ0n) is 12.7. The molecule has 1 saturated heterocycles. The van der Waals surface area contributed by atoms with Crippen molar-refractivity contribution in [2.24, 2.45) is 5.92 Å². The molecule has 0 aliphatic carbocycles. The Morgan fingerprint density at radius 3 is 3.00 bits per heavy atom. The van der Waals surface area contributed by atoms with Gasteiger partial charge in [-0.15, -0.1) is 0 Å². The Kier molecular flexibility index (Phi) is 5.81. The van der Waals surface area contributed by atoms with Crippen LogP contribution in [0.2, 0.25) is 0 Å². The quantitative estimate of drug-likeness (QED) is 0.900. The Bertz CT molecular complexity index is 537. The highest BCUT2D eigenvalue weighted by Crippen LogP contribution is 2.23. The molecule has 0 radical (unpaired) electrons. The number of amides is 1. The molecule has 1 aliphatic rings. The van der Waals surface area contributed by atoms with E-state index in [4.69, 9.17) is 9.47 Å². The van der Waals surface area contributed by atoms with Gasteiger partial charge in [0, 0.05) is 24.9 Å². The lowest BCUT2D eigenvalue weighted by Gasteiger charge is -2.28. The van der Waals surface area contributed by atoms with E-state index in [2.05, 4.69) is 10.3 Å². The molecule has 5 nitrogen and oxygen atoms in total. The number of halogens is 3. The zero-order valence-corrected chi connectivity index (χ0v) is 12.7. The van der Waals surface area contributed by atoms with E-state index in [0.717, 1.165) is 12.8 Å². The SMILES string of the molecule is C[C@@H]1OCCC[C@@H]1C(=O)NCc1ccncc1OCC(F)(F)F. The fraction of sp³-hybridized carbons (Fsp3) is 0.600. The first-order valence-electron chi connectivity index (χ1n) is 7.38. The lowest BCUT2D eigenvalue weighted by Crippen LogP contribution is -2.40. The largest absolute Gasteiger partial charge is 0.482 e. The van der Waals surface area contributed by atoms with Crippen molar-refractivity contribution < 1.29 is 27.4 Å². The molecule has 0 saturated carbocycles. The molecule has 0 bridgehead atoms. The smallest absolute Gasteiger partial charge is 0.422 e. The minimum absolute atomic E-state index is 0.0121. The normalized spacial score (nSPS) is 21.7. The second-order valence-corrected chi connectivity index (χ2v) is 5.43. The highest BCUT2D eigenvalue weighted by Gasteiger charge is 2.30. The summed E-state index contributed by atoms with van der Waals surface area (Å²) in [5.74, 6) is -0.404. The predicted octanol–water partition coefficient (Wildman–Crippen LogP) is 2.45. The number of carbonyl (C=O) groups is 1. The first-order chi connectivity index (χ1) is 10.9. The summed E-state index contributed by atoms with van der Waals surface area (Å²) in [6.45, 7) is 1.17. The van der Waals surface area contributed by atoms with Crippen molar-refractivity contribution >= 4 is 5.91 Å². The second-order valence-electron chi connectivity index (χ2n) is 5.43. The van der Waals surface area contributed by atoms with Crippen LogP contribution < -0.4 is 10.1 Å². The monoisotopic (exact) mass is 332 g/mol. The van der Waals surface area contributed by atoms with Crippen molar-refractivity contribution in [1.29, 1.82) is 0 Å². The fourth-order valence-corrected chi connectivity index (χ4v) is 2.43. The summed E-state index contributed by atoms with van der Waals surface area (Å²) in [5.41, 5.74) is 0.446. The van der Waals surface area contributed by atoms with Crippen LogP contribution in [-0.2, 0) is 16.1 Å². The topological polar surface area (TPSA) is 60.5 Å². The summed E-state index contributed by atoms with van der Waals surface area (Å²) in [6, 6.07) is 1.52. The number of carbonyl (C=O) groups excluding carboxylic acids is 1. The van der Waals surface area contributed by atoms with Crippen LogP contribution in [0.5, 0.6) is 5.75 Å². The van der Waals surface area contributed by atoms with Crippen molar-refractivity contribution in [3.8, 4) is 5.75 Å². The number of nitrogens with zero attached hydrogens (tertiary/aromatic N) is 1. The number of hydrogen-bond acceptors (Lipinski definition) is 4. The molecule has 1 aromatic heterocycles. The molecule has 1 aliphatic heterocycles. The van der Waals surface area contributed by atoms with Gasteiger partial charge in [-0.3, -0.25) is 9.78 Å². The molecule has 1 amide bonds. The maximum Gasteiger partial charge on any atom is 0.422 e. The van der Waals surface area contributed by atoms with Crippen LogP contribution in [0.25, 0.3) is 0 Å². The Morgan fingerprint density at radius 2 is 2.30 bits per heavy atom. The summed E-state index contributed by atoms with van der Waals surface area (Å²) >= 11 is 0. The molecule has 23 heavy (non-hydrogen) atoms. The number of nitrogens with one attached hydrogen (secondary N) is 1. The summed E-state index contributed by atoms with van der Waals surface area (Å²) in [4.78, 5) is 15.9. The van der Waals surface area contributed by atoms with Crippen molar-refractivity contribution in [3.05, 3.63) is 24.0 Å². The molecule has 2 rings (SSSR count). The highest BCUT2D eigenvalue weighted by molar-refractivity contribution is 5.79. The molecule has 2 atom stereocenters. The minimum Gasteiger partial charge on any atom is -0.482 e. The number of aromatic nitrogens is 1. The van der Waals surface area contributed by atoms with Crippen LogP contribution in [-0.4, -0.2) is 36.4 Å². The molecule has 1 aromatic rings. The van der Waals surface area contributed by atoms with Gasteiger partial charge in [-0.25, -0.2) is 0 Å². The van der Waals surface area contributed by atoms with E-state index < -0.39 is 12.8 Å². The highest BCUT2D eigenvalue weighted by atomic mass is 19.4. The van der Waals surface area contributed by atoms with Crippen molar-refractivity contribution in [3.63, 3.8) is 0 Å². The third-order valence-corrected chi connectivity index (χ3v) is 3.66. The third kappa shape index (κ3) is 5.38. The van der Waals surface area contributed by atoms with Crippen LogP contribution in [0.4, 0.5) is 13.2 Å². The molecule has 0 spiro atoms. The van der Waals surface area contributed by atoms with E-state index in [1.54, 1.807) is 0 Å². The van der Waals surface area contributed by atoms with Crippen LogP contribution in [0.1, 0.15) is 25.3 Å². The number of pyridine rings is 1. The Labute approximate surface area is 132 Å². The zero-order chi connectivity index (χ0) is 16.9. The number of ether oxygens (including phenoxy) is 2. The standard InChI is InChI=1S/C15H19F3N2O3/c1-10-12(3-2-6-22-10)14(21)20-7-11-4-5-19-8-13(11)23-9-15(16,17)18/h4-5,8,10,12H,2-3,6-7,9H2,1H3,(H,20,21)/t10-,12-/m0/s1. The van der Waals surface area contributed by atoms with Crippen LogP contribution >= 0.6 is 0 Å². The number of hydrogen-bond donors (Lipinski definition) is 1. The molecule has 0 aromatic carbocycles. The van der Waals surface area contributed by atoms with Gasteiger partial charge in [-0.2, -0.15) is 13.2 Å². The maximum absolute atomic E-state index is 12.2. The molecule has 0 unspecified atom stereocenters. The summed E-state index contributed by atoms with van der Waals surface area (Å²) in [6.07, 6.45) is -0.389. The predicted molar refractivity (Wildman–Crippen MR) is 75.8 cm³/mol. The van der Waals surface area contributed by atoms with E-state index in [0.29, 0.717) is 12.2 Å². The van der Waals surface area contributed by atoms with Crippen LogP contribution in [0, 0.1) is 5.92 Å². The molecule has 1 N–H and O–H groups in total. The van der Waals surface area contributed by atoms with Crippen molar-refractivity contribution in [2.75, 3.05) is 13.2 Å². The van der Waals surface area contributed by atoms with E-state index >= 15 is 0 Å². The summed E-state index contributed by atoms with van der Waals surface area (Å²) < 4.78 is 46.9. The van der Waals surface area contributed by atoms with Gasteiger partial charge < -0.3 is 14.8 Å². The molecular weight excluding hydrogens is 313 g/mol. The Morgan fingerprint density at radius 1 is 1.52 bits per heavy atom. The molecule has 2 heterocycles. The van der Waals surface area contributed by atoms with Gasteiger partial charge in [-0.05, 0) is 25.8 Å². The molecule has 8 heteroatoms. The lowest BCUT2D eigenvalue weighted by atomic mass is 9.94. The van der Waals surface area contributed by atoms with E-state index in [1.807, 2.05) is 6.92 Å². The molecule has 128 valence electrons. The maximum atomic E-state index is 12.2.